The van der Waals surface area contributed by atoms with Gasteiger partial charge in [0.25, 0.3) is 0 Å². The monoisotopic (exact) mass is 326 g/mol. The number of aryl methyl sites for hydroxylation is 1. The van der Waals surface area contributed by atoms with E-state index in [0.717, 1.165) is 24.2 Å². The Bertz CT molecular complexity index is 694. The number of benzene rings is 1. The maximum atomic E-state index is 5.44. The highest BCUT2D eigenvalue weighted by Crippen LogP contribution is 2.41. The number of hydrogen-bond acceptors (Lipinski definition) is 4. The molecule has 0 bridgehead atoms. The fraction of sp³-hybridized carbons (Fsp3) is 0.526. The average molecular weight is 326 g/mol. The molecule has 1 saturated carbocycles. The molecule has 1 N–H and O–H groups in total. The highest BCUT2D eigenvalue weighted by atomic mass is 16.5. The summed E-state index contributed by atoms with van der Waals surface area (Å²) in [6.45, 7) is 1.98. The van der Waals surface area contributed by atoms with E-state index in [-0.39, 0.29) is 0 Å². The molecule has 1 saturated heterocycles. The van der Waals surface area contributed by atoms with Crippen molar-refractivity contribution in [2.45, 2.75) is 43.9 Å². The summed E-state index contributed by atoms with van der Waals surface area (Å²) in [5, 5.41) is 3.76. The lowest BCUT2D eigenvalue weighted by atomic mass is 9.99. The molecule has 0 radical (unpaired) electrons. The third kappa shape index (κ3) is 3.06. The SMILES string of the molecule is COc1cccc([C@@H]2[C@H](NCc3nccn3C)CCN2C2CC2)c1. The number of hydrogen-bond donors (Lipinski definition) is 1. The van der Waals surface area contributed by atoms with E-state index >= 15 is 0 Å². The Morgan fingerprint density at radius 1 is 1.29 bits per heavy atom. The van der Waals surface area contributed by atoms with E-state index in [4.69, 9.17) is 4.74 Å². The molecule has 2 aliphatic rings. The minimum atomic E-state index is 0.424. The highest BCUT2D eigenvalue weighted by molar-refractivity contribution is 5.32. The third-order valence-electron chi connectivity index (χ3n) is 5.33. The Labute approximate surface area is 143 Å². The zero-order chi connectivity index (χ0) is 16.5. The molecule has 1 aromatic carbocycles. The lowest BCUT2D eigenvalue weighted by Gasteiger charge is -2.29. The van der Waals surface area contributed by atoms with Crippen LogP contribution in [0.3, 0.4) is 0 Å². The Kier molecular flexibility index (Phi) is 4.29. The molecular weight excluding hydrogens is 300 g/mol. The molecular formula is C19H26N4O. The van der Waals surface area contributed by atoms with Crippen LogP contribution in [0.15, 0.2) is 36.7 Å². The molecule has 1 aliphatic carbocycles. The molecule has 1 aliphatic heterocycles. The van der Waals surface area contributed by atoms with E-state index in [1.807, 2.05) is 18.5 Å². The molecule has 0 spiro atoms. The number of aromatic nitrogens is 2. The molecule has 4 rings (SSSR count). The van der Waals surface area contributed by atoms with Crippen molar-refractivity contribution in [1.29, 1.82) is 0 Å². The van der Waals surface area contributed by atoms with E-state index in [1.165, 1.54) is 31.4 Å². The fourth-order valence-electron chi connectivity index (χ4n) is 3.88. The van der Waals surface area contributed by atoms with Gasteiger partial charge in [0, 0.05) is 38.1 Å². The van der Waals surface area contributed by atoms with Crippen LogP contribution in [0.4, 0.5) is 0 Å². The number of methoxy groups -OCH3 is 1. The van der Waals surface area contributed by atoms with Gasteiger partial charge in [-0.15, -0.1) is 0 Å². The van der Waals surface area contributed by atoms with Crippen molar-refractivity contribution >= 4 is 0 Å². The molecule has 0 amide bonds. The normalized spacial score (nSPS) is 24.4. The molecule has 5 nitrogen and oxygen atoms in total. The lowest BCUT2D eigenvalue weighted by molar-refractivity contribution is 0.225. The summed E-state index contributed by atoms with van der Waals surface area (Å²) < 4.78 is 7.53. The zero-order valence-corrected chi connectivity index (χ0v) is 14.5. The standard InChI is InChI=1S/C19H26N4O/c1-22-11-9-20-18(22)13-21-17-8-10-23(15-6-7-15)19(17)14-4-3-5-16(12-14)24-2/h3-5,9,11-12,15,17,19,21H,6-8,10,13H2,1-2H3/t17-,19-/m1/s1. The van der Waals surface area contributed by atoms with Crippen LogP contribution >= 0.6 is 0 Å². The van der Waals surface area contributed by atoms with Gasteiger partial charge in [-0.2, -0.15) is 0 Å². The van der Waals surface area contributed by atoms with Gasteiger partial charge < -0.3 is 14.6 Å². The van der Waals surface area contributed by atoms with Crippen LogP contribution < -0.4 is 10.1 Å². The lowest BCUT2D eigenvalue weighted by Crippen LogP contribution is -2.37. The molecule has 2 heterocycles. The summed E-state index contributed by atoms with van der Waals surface area (Å²) in [5.74, 6) is 2.03. The van der Waals surface area contributed by atoms with Crippen molar-refractivity contribution in [3.05, 3.63) is 48.0 Å². The molecule has 128 valence electrons. The van der Waals surface area contributed by atoms with Crippen molar-refractivity contribution in [2.75, 3.05) is 13.7 Å². The number of likely N-dealkylation sites (tertiary alicyclic amines) is 1. The predicted octanol–water partition coefficient (Wildman–Crippen LogP) is 2.50. The molecule has 1 aromatic heterocycles. The maximum Gasteiger partial charge on any atom is 0.122 e. The van der Waals surface area contributed by atoms with Gasteiger partial charge in [-0.05, 0) is 37.0 Å². The minimum Gasteiger partial charge on any atom is -0.497 e. The van der Waals surface area contributed by atoms with E-state index in [0.29, 0.717) is 12.1 Å². The Morgan fingerprint density at radius 2 is 2.17 bits per heavy atom. The summed E-state index contributed by atoms with van der Waals surface area (Å²) >= 11 is 0. The first-order chi connectivity index (χ1) is 11.8. The van der Waals surface area contributed by atoms with E-state index in [9.17, 15) is 0 Å². The van der Waals surface area contributed by atoms with Crippen LogP contribution in [0.5, 0.6) is 5.75 Å². The van der Waals surface area contributed by atoms with Crippen molar-refractivity contribution in [2.24, 2.45) is 7.05 Å². The van der Waals surface area contributed by atoms with E-state index in [1.54, 1.807) is 7.11 Å². The Balaban J connectivity index is 1.54. The first kappa shape index (κ1) is 15.7. The summed E-state index contributed by atoms with van der Waals surface area (Å²) in [4.78, 5) is 7.12. The van der Waals surface area contributed by atoms with E-state index < -0.39 is 0 Å². The zero-order valence-electron chi connectivity index (χ0n) is 14.5. The summed E-state index contributed by atoms with van der Waals surface area (Å²) in [5.41, 5.74) is 1.36. The first-order valence-corrected chi connectivity index (χ1v) is 8.85. The van der Waals surface area contributed by atoms with Crippen LogP contribution in [0.1, 0.15) is 36.7 Å². The highest BCUT2D eigenvalue weighted by Gasteiger charge is 2.42. The molecule has 24 heavy (non-hydrogen) atoms. The van der Waals surface area contributed by atoms with Gasteiger partial charge in [0.1, 0.15) is 11.6 Å². The van der Waals surface area contributed by atoms with Gasteiger partial charge in [0.15, 0.2) is 0 Å². The van der Waals surface area contributed by atoms with Crippen molar-refractivity contribution in [3.8, 4) is 5.75 Å². The largest absolute Gasteiger partial charge is 0.497 e. The van der Waals surface area contributed by atoms with Gasteiger partial charge in [-0.1, -0.05) is 12.1 Å². The van der Waals surface area contributed by atoms with Crippen molar-refractivity contribution in [3.63, 3.8) is 0 Å². The number of nitrogens with one attached hydrogen (secondary N) is 1. The molecule has 2 atom stereocenters. The molecule has 2 fully saturated rings. The summed E-state index contributed by atoms with van der Waals surface area (Å²) in [6.07, 6.45) is 7.73. The number of rotatable bonds is 6. The van der Waals surface area contributed by atoms with Crippen LogP contribution in [0, 0.1) is 0 Å². The van der Waals surface area contributed by atoms with Gasteiger partial charge in [-0.3, -0.25) is 4.90 Å². The second kappa shape index (κ2) is 6.57. The Morgan fingerprint density at radius 3 is 2.88 bits per heavy atom. The third-order valence-corrected chi connectivity index (χ3v) is 5.33. The minimum absolute atomic E-state index is 0.424. The number of nitrogens with zero attached hydrogens (tertiary/aromatic N) is 3. The topological polar surface area (TPSA) is 42.3 Å². The predicted molar refractivity (Wildman–Crippen MR) is 93.9 cm³/mol. The van der Waals surface area contributed by atoms with Crippen LogP contribution in [-0.2, 0) is 13.6 Å². The van der Waals surface area contributed by atoms with E-state index in [2.05, 4.69) is 45.0 Å². The quantitative estimate of drug-likeness (QED) is 0.886. The summed E-state index contributed by atoms with van der Waals surface area (Å²) in [7, 11) is 3.79. The van der Waals surface area contributed by atoms with Gasteiger partial charge in [0.05, 0.1) is 19.7 Å². The first-order valence-electron chi connectivity index (χ1n) is 8.85. The van der Waals surface area contributed by atoms with Crippen LogP contribution in [-0.4, -0.2) is 40.2 Å². The summed E-state index contributed by atoms with van der Waals surface area (Å²) in [6, 6.07) is 10.2. The molecule has 5 heteroatoms. The smallest absolute Gasteiger partial charge is 0.122 e. The fourth-order valence-corrected chi connectivity index (χ4v) is 3.88. The van der Waals surface area contributed by atoms with Gasteiger partial charge in [0.2, 0.25) is 0 Å². The van der Waals surface area contributed by atoms with Crippen LogP contribution in [0.25, 0.3) is 0 Å². The maximum absolute atomic E-state index is 5.44. The number of ether oxygens (including phenoxy) is 1. The second-order valence-corrected chi connectivity index (χ2v) is 6.92. The average Bonchev–Trinajstić information content (AvgIpc) is 3.24. The number of imidazole rings is 1. The van der Waals surface area contributed by atoms with Crippen molar-refractivity contribution < 1.29 is 4.74 Å². The molecule has 0 unspecified atom stereocenters. The van der Waals surface area contributed by atoms with Gasteiger partial charge in [-0.25, -0.2) is 4.98 Å². The van der Waals surface area contributed by atoms with Crippen molar-refractivity contribution in [1.82, 2.24) is 19.8 Å². The second-order valence-electron chi connectivity index (χ2n) is 6.92. The van der Waals surface area contributed by atoms with Gasteiger partial charge >= 0.3 is 0 Å². The van der Waals surface area contributed by atoms with Crippen LogP contribution in [0.2, 0.25) is 0 Å². The Hall–Kier alpha value is -1.85. The molecule has 2 aromatic rings.